The standard InChI is InChI=1S/C22H17F3N4O4/c23-22(24,25)11-6-2-4-8-14(11)29-18(31)16-13(9-15(26)30)28-21(17(16)19(29)32)10-5-1-3-7-12(10)27-20(21)33/h1-8,13,16-17,28H,9H2,(H2,26,30)(H,27,33)/p+1/t13-,16+,17-,21-/m0/s1. The highest BCUT2D eigenvalue weighted by Crippen LogP contribution is 2.51. The summed E-state index contributed by atoms with van der Waals surface area (Å²) >= 11 is 0. The van der Waals surface area contributed by atoms with Crippen molar-refractivity contribution in [3.8, 4) is 0 Å². The van der Waals surface area contributed by atoms with Crippen LogP contribution in [0.15, 0.2) is 48.5 Å². The molecule has 8 nitrogen and oxygen atoms in total. The highest BCUT2D eigenvalue weighted by Gasteiger charge is 2.74. The third kappa shape index (κ3) is 2.81. The number of nitrogens with two attached hydrogens (primary N) is 2. The Labute approximate surface area is 184 Å². The van der Waals surface area contributed by atoms with Gasteiger partial charge in [-0.05, 0) is 18.2 Å². The number of alkyl halides is 3. The molecule has 0 bridgehead atoms. The van der Waals surface area contributed by atoms with Crippen molar-refractivity contribution in [2.75, 3.05) is 10.2 Å². The Kier molecular flexibility index (Phi) is 4.41. The van der Waals surface area contributed by atoms with E-state index in [1.165, 1.54) is 11.4 Å². The van der Waals surface area contributed by atoms with Crippen molar-refractivity contribution in [1.82, 2.24) is 0 Å². The smallest absolute Gasteiger partial charge is 0.369 e. The minimum Gasteiger partial charge on any atom is -0.369 e. The summed E-state index contributed by atoms with van der Waals surface area (Å²) in [4.78, 5) is 52.6. The average Bonchev–Trinajstić information content (AvgIpc) is 3.32. The molecule has 0 radical (unpaired) electrons. The number of nitrogens with zero attached hydrogens (tertiary/aromatic N) is 1. The SMILES string of the molecule is NC(=O)C[C@@H]1[NH2+][C@]2(C(=O)Nc3ccccc32)[C@@H]2C(=O)N(c3ccccc3C(F)(F)F)C(=O)[C@H]12. The Bertz CT molecular complexity index is 1230. The number of carbonyl (C=O) groups is 4. The first-order chi connectivity index (χ1) is 15.6. The molecule has 3 heterocycles. The Morgan fingerprint density at radius 3 is 2.42 bits per heavy atom. The number of imide groups is 1. The predicted octanol–water partition coefficient (Wildman–Crippen LogP) is 0.480. The van der Waals surface area contributed by atoms with Gasteiger partial charge in [0.15, 0.2) is 0 Å². The maximum Gasteiger partial charge on any atom is 0.418 e. The van der Waals surface area contributed by atoms with Gasteiger partial charge in [-0.15, -0.1) is 0 Å². The van der Waals surface area contributed by atoms with Gasteiger partial charge in [0.05, 0.1) is 23.4 Å². The third-order valence-electron chi connectivity index (χ3n) is 6.66. The molecule has 2 aromatic carbocycles. The van der Waals surface area contributed by atoms with E-state index in [9.17, 15) is 32.3 Å². The van der Waals surface area contributed by atoms with Gasteiger partial charge >= 0.3 is 6.18 Å². The Morgan fingerprint density at radius 2 is 1.73 bits per heavy atom. The molecular weight excluding hydrogens is 441 g/mol. The molecule has 3 aliphatic rings. The van der Waals surface area contributed by atoms with Crippen LogP contribution in [0.1, 0.15) is 17.5 Å². The molecule has 33 heavy (non-hydrogen) atoms. The van der Waals surface area contributed by atoms with Crippen molar-refractivity contribution < 1.29 is 37.7 Å². The molecule has 0 aliphatic carbocycles. The monoisotopic (exact) mass is 459 g/mol. The van der Waals surface area contributed by atoms with Crippen LogP contribution in [0.2, 0.25) is 0 Å². The summed E-state index contributed by atoms with van der Waals surface area (Å²) in [6.07, 6.45) is -5.14. The number of hydrogen-bond acceptors (Lipinski definition) is 4. The molecule has 2 fully saturated rings. The zero-order chi connectivity index (χ0) is 23.7. The van der Waals surface area contributed by atoms with Crippen molar-refractivity contribution >= 4 is 35.0 Å². The largest absolute Gasteiger partial charge is 0.418 e. The maximum atomic E-state index is 13.7. The van der Waals surface area contributed by atoms with Gasteiger partial charge in [0.25, 0.3) is 5.91 Å². The Balaban J connectivity index is 1.69. The lowest BCUT2D eigenvalue weighted by Gasteiger charge is -2.27. The van der Waals surface area contributed by atoms with Gasteiger partial charge in [0, 0.05) is 5.56 Å². The number of para-hydroxylation sites is 2. The third-order valence-corrected chi connectivity index (χ3v) is 6.66. The van der Waals surface area contributed by atoms with Gasteiger partial charge in [0.2, 0.25) is 23.3 Å². The molecule has 4 atom stereocenters. The molecule has 170 valence electrons. The Morgan fingerprint density at radius 1 is 1.06 bits per heavy atom. The van der Waals surface area contributed by atoms with Crippen molar-refractivity contribution in [2.45, 2.75) is 24.2 Å². The highest BCUT2D eigenvalue weighted by molar-refractivity contribution is 6.25. The zero-order valence-electron chi connectivity index (χ0n) is 16.9. The fraction of sp³-hybridized carbons (Fsp3) is 0.273. The normalized spacial score (nSPS) is 28.3. The van der Waals surface area contributed by atoms with Crippen LogP contribution in [0.3, 0.4) is 0 Å². The van der Waals surface area contributed by atoms with Gasteiger partial charge < -0.3 is 16.4 Å². The fourth-order valence-corrected chi connectivity index (χ4v) is 5.49. The van der Waals surface area contributed by atoms with E-state index in [2.05, 4.69) is 5.32 Å². The van der Waals surface area contributed by atoms with Crippen LogP contribution in [0.5, 0.6) is 0 Å². The fourth-order valence-electron chi connectivity index (χ4n) is 5.49. The van der Waals surface area contributed by atoms with Crippen LogP contribution in [0.25, 0.3) is 0 Å². The summed E-state index contributed by atoms with van der Waals surface area (Å²) in [5, 5.41) is 4.19. The number of primary amides is 1. The van der Waals surface area contributed by atoms with E-state index in [4.69, 9.17) is 5.73 Å². The predicted molar refractivity (Wildman–Crippen MR) is 107 cm³/mol. The van der Waals surface area contributed by atoms with Crippen LogP contribution in [0.4, 0.5) is 24.5 Å². The molecule has 0 saturated carbocycles. The first kappa shape index (κ1) is 21.1. The molecule has 4 amide bonds. The number of fused-ring (bicyclic) bond motifs is 4. The van der Waals surface area contributed by atoms with Gasteiger partial charge in [-0.25, -0.2) is 4.90 Å². The van der Waals surface area contributed by atoms with Crippen molar-refractivity contribution in [1.29, 1.82) is 0 Å². The van der Waals surface area contributed by atoms with Gasteiger partial charge in [-0.3, -0.25) is 19.2 Å². The summed E-state index contributed by atoms with van der Waals surface area (Å²) in [6.45, 7) is 0. The summed E-state index contributed by atoms with van der Waals surface area (Å²) < 4.78 is 41.0. The van der Waals surface area contributed by atoms with Crippen molar-refractivity contribution in [3.05, 3.63) is 59.7 Å². The van der Waals surface area contributed by atoms with E-state index < -0.39 is 64.5 Å². The number of amides is 4. The van der Waals surface area contributed by atoms with E-state index in [0.717, 1.165) is 18.2 Å². The quantitative estimate of drug-likeness (QED) is 0.577. The number of hydrogen-bond donors (Lipinski definition) is 3. The number of rotatable bonds is 3. The van der Waals surface area contributed by atoms with Crippen LogP contribution in [-0.2, 0) is 30.9 Å². The lowest BCUT2D eigenvalue weighted by Crippen LogP contribution is -2.99. The number of benzene rings is 2. The second-order valence-electron chi connectivity index (χ2n) is 8.40. The first-order valence-corrected chi connectivity index (χ1v) is 10.2. The van der Waals surface area contributed by atoms with Crippen LogP contribution >= 0.6 is 0 Å². The topological polar surface area (TPSA) is 126 Å². The zero-order valence-corrected chi connectivity index (χ0v) is 16.9. The van der Waals surface area contributed by atoms with Crippen LogP contribution in [-0.4, -0.2) is 29.7 Å². The van der Waals surface area contributed by atoms with Crippen molar-refractivity contribution in [2.24, 2.45) is 17.6 Å². The van der Waals surface area contributed by atoms with Crippen molar-refractivity contribution in [3.63, 3.8) is 0 Å². The number of halogens is 3. The maximum absolute atomic E-state index is 13.7. The molecule has 5 N–H and O–H groups in total. The van der Waals surface area contributed by atoms with E-state index >= 15 is 0 Å². The number of quaternary nitrogens is 1. The molecule has 0 aromatic heterocycles. The van der Waals surface area contributed by atoms with Crippen LogP contribution < -0.4 is 21.3 Å². The van der Waals surface area contributed by atoms with Gasteiger partial charge in [-0.1, -0.05) is 30.3 Å². The second kappa shape index (κ2) is 6.88. The lowest BCUT2D eigenvalue weighted by atomic mass is 9.76. The second-order valence-corrected chi connectivity index (χ2v) is 8.40. The minimum absolute atomic E-state index is 0.327. The summed E-state index contributed by atoms with van der Waals surface area (Å²) in [5.74, 6) is -5.65. The molecule has 1 spiro atoms. The molecule has 5 rings (SSSR count). The molecule has 2 aromatic rings. The van der Waals surface area contributed by atoms with Crippen LogP contribution in [0, 0.1) is 11.8 Å². The number of nitrogens with one attached hydrogen (secondary N) is 1. The molecule has 11 heteroatoms. The van der Waals surface area contributed by atoms with E-state index in [1.807, 2.05) is 0 Å². The first-order valence-electron chi connectivity index (χ1n) is 10.2. The van der Waals surface area contributed by atoms with Gasteiger partial charge in [0.1, 0.15) is 17.9 Å². The summed E-state index contributed by atoms with van der Waals surface area (Å²) in [6, 6.07) is 9.96. The molecule has 2 saturated heterocycles. The minimum atomic E-state index is -4.82. The molecular formula is C22H18F3N4O4+. The highest BCUT2D eigenvalue weighted by atomic mass is 19.4. The molecule has 3 aliphatic heterocycles. The van der Waals surface area contributed by atoms with E-state index in [0.29, 0.717) is 16.2 Å². The van der Waals surface area contributed by atoms with Gasteiger partial charge in [-0.2, -0.15) is 13.2 Å². The number of carbonyl (C=O) groups excluding carboxylic acids is 4. The molecule has 0 unspecified atom stereocenters. The van der Waals surface area contributed by atoms with E-state index in [-0.39, 0.29) is 6.42 Å². The lowest BCUT2D eigenvalue weighted by molar-refractivity contribution is -0.732. The summed E-state index contributed by atoms with van der Waals surface area (Å²) in [5.41, 5.74) is 2.88. The summed E-state index contributed by atoms with van der Waals surface area (Å²) in [7, 11) is 0. The Hall–Kier alpha value is -3.73. The average molecular weight is 459 g/mol. The van der Waals surface area contributed by atoms with E-state index in [1.54, 1.807) is 24.3 Å². The number of anilines is 2.